The van der Waals surface area contributed by atoms with E-state index in [1.54, 1.807) is 0 Å². The van der Waals surface area contributed by atoms with Gasteiger partial charge in [-0.1, -0.05) is 27.7 Å². The van der Waals surface area contributed by atoms with Gasteiger partial charge in [0.15, 0.2) is 0 Å². The third kappa shape index (κ3) is 6.28. The number of hydrogen-bond acceptors (Lipinski definition) is 3. The summed E-state index contributed by atoms with van der Waals surface area (Å²) in [4.78, 5) is 11.8. The lowest BCUT2D eigenvalue weighted by molar-refractivity contribution is -0.124. The summed E-state index contributed by atoms with van der Waals surface area (Å²) < 4.78 is 0. The first-order valence-electron chi connectivity index (χ1n) is 6.12. The van der Waals surface area contributed by atoms with Crippen molar-refractivity contribution in [1.82, 2.24) is 5.32 Å². The Morgan fingerprint density at radius 1 is 1.47 bits per heavy atom. The topological polar surface area (TPSA) is 73.1 Å². The number of nitriles is 1. The van der Waals surface area contributed by atoms with Crippen LogP contribution < -0.4 is 5.32 Å². The van der Waals surface area contributed by atoms with Crippen molar-refractivity contribution in [1.29, 1.82) is 5.26 Å². The van der Waals surface area contributed by atoms with Crippen LogP contribution in [0.15, 0.2) is 0 Å². The molecular formula is C13H24N2O2. The van der Waals surface area contributed by atoms with Crippen LogP contribution in [-0.2, 0) is 4.79 Å². The number of nitrogens with one attached hydrogen (secondary N) is 1. The molecule has 0 aromatic rings. The molecule has 17 heavy (non-hydrogen) atoms. The molecule has 0 rings (SSSR count). The smallest absolute Gasteiger partial charge is 0.237 e. The largest absolute Gasteiger partial charge is 0.396 e. The monoisotopic (exact) mass is 240 g/mol. The van der Waals surface area contributed by atoms with Gasteiger partial charge in [0.05, 0.1) is 6.07 Å². The molecule has 0 saturated heterocycles. The Morgan fingerprint density at radius 3 is 2.47 bits per heavy atom. The molecule has 0 aliphatic carbocycles. The Balaban J connectivity index is 4.19. The highest BCUT2D eigenvalue weighted by Gasteiger charge is 2.24. The summed E-state index contributed by atoms with van der Waals surface area (Å²) in [5.41, 5.74) is -0.0463. The Hall–Kier alpha value is -1.08. The summed E-state index contributed by atoms with van der Waals surface area (Å²) in [7, 11) is 0. The van der Waals surface area contributed by atoms with Gasteiger partial charge in [0.25, 0.3) is 0 Å². The number of aliphatic hydroxyl groups excluding tert-OH is 1. The molecule has 0 aliphatic rings. The first-order chi connectivity index (χ1) is 7.84. The van der Waals surface area contributed by atoms with Crippen molar-refractivity contribution in [3.63, 3.8) is 0 Å². The van der Waals surface area contributed by atoms with E-state index < -0.39 is 5.92 Å². The fourth-order valence-corrected chi connectivity index (χ4v) is 1.59. The van der Waals surface area contributed by atoms with Crippen molar-refractivity contribution < 1.29 is 9.90 Å². The average molecular weight is 240 g/mol. The number of hydrogen-bond donors (Lipinski definition) is 2. The number of aliphatic hydroxyl groups is 1. The predicted octanol–water partition coefficient (Wildman–Crippen LogP) is 1.70. The molecule has 0 bridgehead atoms. The van der Waals surface area contributed by atoms with Gasteiger partial charge in [-0.2, -0.15) is 5.26 Å². The fourth-order valence-electron chi connectivity index (χ4n) is 1.59. The second-order valence-corrected chi connectivity index (χ2v) is 5.56. The van der Waals surface area contributed by atoms with Crippen LogP contribution >= 0.6 is 0 Å². The Labute approximate surface area is 104 Å². The number of carbonyl (C=O) groups is 1. The van der Waals surface area contributed by atoms with E-state index in [1.807, 2.05) is 33.8 Å². The summed E-state index contributed by atoms with van der Waals surface area (Å²) in [6, 6.07) is 2.03. The Morgan fingerprint density at radius 2 is 2.06 bits per heavy atom. The molecule has 0 aliphatic heterocycles. The van der Waals surface area contributed by atoms with Crippen LogP contribution in [0.1, 0.15) is 40.5 Å². The minimum Gasteiger partial charge on any atom is -0.396 e. The van der Waals surface area contributed by atoms with Crippen molar-refractivity contribution in [2.75, 3.05) is 13.2 Å². The van der Waals surface area contributed by atoms with E-state index in [4.69, 9.17) is 10.4 Å². The Kier molecular flexibility index (Phi) is 6.82. The second kappa shape index (κ2) is 7.29. The van der Waals surface area contributed by atoms with Crippen LogP contribution in [-0.4, -0.2) is 24.2 Å². The van der Waals surface area contributed by atoms with Gasteiger partial charge in [0, 0.05) is 13.2 Å². The highest BCUT2D eigenvalue weighted by atomic mass is 16.2. The maximum Gasteiger partial charge on any atom is 0.237 e. The van der Waals surface area contributed by atoms with E-state index in [2.05, 4.69) is 5.32 Å². The molecule has 98 valence electrons. The zero-order valence-corrected chi connectivity index (χ0v) is 11.3. The first kappa shape index (κ1) is 15.9. The van der Waals surface area contributed by atoms with Crippen molar-refractivity contribution in [2.24, 2.45) is 17.3 Å². The summed E-state index contributed by atoms with van der Waals surface area (Å²) >= 11 is 0. The van der Waals surface area contributed by atoms with E-state index in [1.165, 1.54) is 0 Å². The van der Waals surface area contributed by atoms with Gasteiger partial charge in [0.2, 0.25) is 5.91 Å². The third-order valence-corrected chi connectivity index (χ3v) is 2.84. The molecular weight excluding hydrogens is 216 g/mol. The maximum absolute atomic E-state index is 11.8. The standard InChI is InChI=1S/C13H24N2O2/c1-10(2)11(8-14)12(17)15-9-13(3,4)6-5-7-16/h10-11,16H,5-7,9H2,1-4H3,(H,15,17). The van der Waals surface area contributed by atoms with E-state index in [-0.39, 0.29) is 23.8 Å². The van der Waals surface area contributed by atoms with Crippen molar-refractivity contribution in [3.05, 3.63) is 0 Å². The lowest BCUT2D eigenvalue weighted by Crippen LogP contribution is -2.38. The highest BCUT2D eigenvalue weighted by Crippen LogP contribution is 2.21. The van der Waals surface area contributed by atoms with Crippen molar-refractivity contribution >= 4 is 5.91 Å². The van der Waals surface area contributed by atoms with E-state index in [0.717, 1.165) is 12.8 Å². The third-order valence-electron chi connectivity index (χ3n) is 2.84. The van der Waals surface area contributed by atoms with Gasteiger partial charge in [-0.3, -0.25) is 4.79 Å². The van der Waals surface area contributed by atoms with Gasteiger partial charge in [0.1, 0.15) is 5.92 Å². The molecule has 0 aromatic carbocycles. The summed E-state index contributed by atoms with van der Waals surface area (Å²) in [6.45, 7) is 8.52. The van der Waals surface area contributed by atoms with Gasteiger partial charge in [-0.05, 0) is 24.2 Å². The quantitative estimate of drug-likeness (QED) is 0.711. The van der Waals surface area contributed by atoms with Gasteiger partial charge in [-0.25, -0.2) is 0 Å². The lowest BCUT2D eigenvalue weighted by Gasteiger charge is -2.25. The summed E-state index contributed by atoms with van der Waals surface area (Å²) in [5.74, 6) is -0.747. The Bertz CT molecular complexity index is 280. The molecule has 0 aromatic heterocycles. The molecule has 4 heteroatoms. The lowest BCUT2D eigenvalue weighted by atomic mass is 9.87. The van der Waals surface area contributed by atoms with Gasteiger partial charge < -0.3 is 10.4 Å². The minimum atomic E-state index is -0.580. The SMILES string of the molecule is CC(C)C(C#N)C(=O)NCC(C)(C)CCCO. The molecule has 2 N–H and O–H groups in total. The van der Waals surface area contributed by atoms with Crippen LogP contribution in [0.5, 0.6) is 0 Å². The zero-order valence-electron chi connectivity index (χ0n) is 11.3. The predicted molar refractivity (Wildman–Crippen MR) is 67.1 cm³/mol. The fraction of sp³-hybridized carbons (Fsp3) is 0.846. The zero-order chi connectivity index (χ0) is 13.5. The summed E-state index contributed by atoms with van der Waals surface area (Å²) in [5, 5.41) is 20.5. The molecule has 1 unspecified atom stereocenters. The van der Waals surface area contributed by atoms with Crippen LogP contribution in [0.25, 0.3) is 0 Å². The van der Waals surface area contributed by atoms with Crippen LogP contribution in [0.2, 0.25) is 0 Å². The highest BCUT2D eigenvalue weighted by molar-refractivity contribution is 5.81. The summed E-state index contributed by atoms with van der Waals surface area (Å²) in [6.07, 6.45) is 1.58. The number of rotatable bonds is 7. The van der Waals surface area contributed by atoms with Crippen molar-refractivity contribution in [3.8, 4) is 6.07 Å². The van der Waals surface area contributed by atoms with Gasteiger partial charge >= 0.3 is 0 Å². The minimum absolute atomic E-state index is 0.0283. The van der Waals surface area contributed by atoms with E-state index in [9.17, 15) is 4.79 Å². The second-order valence-electron chi connectivity index (χ2n) is 5.56. The number of carbonyl (C=O) groups excluding carboxylic acids is 1. The number of amides is 1. The van der Waals surface area contributed by atoms with E-state index in [0.29, 0.717) is 6.54 Å². The van der Waals surface area contributed by atoms with Crippen LogP contribution in [0.3, 0.4) is 0 Å². The van der Waals surface area contributed by atoms with Crippen LogP contribution in [0, 0.1) is 28.6 Å². The van der Waals surface area contributed by atoms with Gasteiger partial charge in [-0.15, -0.1) is 0 Å². The molecule has 1 amide bonds. The first-order valence-corrected chi connectivity index (χ1v) is 6.12. The number of nitrogens with zero attached hydrogens (tertiary/aromatic N) is 1. The molecule has 0 fully saturated rings. The molecule has 4 nitrogen and oxygen atoms in total. The van der Waals surface area contributed by atoms with Crippen LogP contribution in [0.4, 0.5) is 0 Å². The molecule has 0 heterocycles. The van der Waals surface area contributed by atoms with E-state index >= 15 is 0 Å². The molecule has 0 saturated carbocycles. The average Bonchev–Trinajstić information content (AvgIpc) is 2.24. The van der Waals surface area contributed by atoms with Crippen molar-refractivity contribution in [2.45, 2.75) is 40.5 Å². The molecule has 0 radical (unpaired) electrons. The molecule has 1 atom stereocenters. The maximum atomic E-state index is 11.8. The molecule has 0 spiro atoms. The normalized spacial score (nSPS) is 13.2.